The number of hydrogen-bond donors (Lipinski definition) is 2. The first-order valence-electron chi connectivity index (χ1n) is 10.3. The number of nitrogens with one attached hydrogen (secondary N) is 1. The summed E-state index contributed by atoms with van der Waals surface area (Å²) in [6.07, 6.45) is 0.923. The van der Waals surface area contributed by atoms with Crippen molar-refractivity contribution in [2.24, 2.45) is 16.0 Å². The largest absolute Gasteiger partial charge is 0.394 e. The predicted molar refractivity (Wildman–Crippen MR) is 123 cm³/mol. The second-order valence-electron chi connectivity index (χ2n) is 7.98. The van der Waals surface area contributed by atoms with E-state index in [1.165, 1.54) is 16.7 Å². The summed E-state index contributed by atoms with van der Waals surface area (Å²) in [4.78, 5) is 13.9. The lowest BCUT2D eigenvalue weighted by Gasteiger charge is -2.37. The molecule has 1 aliphatic carbocycles. The van der Waals surface area contributed by atoms with Crippen molar-refractivity contribution < 1.29 is 4.79 Å². The molecule has 6 nitrogen and oxygen atoms in total. The topological polar surface area (TPSA) is 83.1 Å². The van der Waals surface area contributed by atoms with E-state index in [4.69, 9.17) is 5.73 Å². The van der Waals surface area contributed by atoms with Gasteiger partial charge in [0.05, 0.1) is 11.4 Å². The summed E-state index contributed by atoms with van der Waals surface area (Å²) in [7, 11) is 1.67. The summed E-state index contributed by atoms with van der Waals surface area (Å²) < 4.78 is 0. The Labute approximate surface area is 182 Å². The summed E-state index contributed by atoms with van der Waals surface area (Å²) >= 11 is 0. The number of fused-ring (bicyclic) bond motifs is 1. The number of nitrogens with zero attached hydrogens (tertiary/aromatic N) is 3. The van der Waals surface area contributed by atoms with Crippen LogP contribution in [0.4, 0.5) is 5.69 Å². The molecular weight excluding hydrogens is 386 g/mol. The first kappa shape index (κ1) is 20.6. The van der Waals surface area contributed by atoms with Gasteiger partial charge in [-0.05, 0) is 47.2 Å². The molecule has 0 amide bonds. The third-order valence-electron chi connectivity index (χ3n) is 5.93. The van der Waals surface area contributed by atoms with Crippen LogP contribution >= 0.6 is 0 Å². The number of benzene rings is 2. The molecule has 2 aromatic carbocycles. The van der Waals surface area contributed by atoms with Crippen LogP contribution in [0.2, 0.25) is 0 Å². The number of hydrogen-bond acceptors (Lipinski definition) is 6. The lowest BCUT2D eigenvalue weighted by Crippen LogP contribution is -2.40. The molecule has 158 valence electrons. The van der Waals surface area contributed by atoms with Crippen molar-refractivity contribution in [3.8, 4) is 0 Å². The van der Waals surface area contributed by atoms with E-state index in [0.29, 0.717) is 17.8 Å². The molecule has 3 N–H and O–H groups in total. The number of carbonyl (C=O) groups excluding carboxylic acids is 1. The van der Waals surface area contributed by atoms with Crippen LogP contribution < -0.4 is 11.1 Å². The van der Waals surface area contributed by atoms with Gasteiger partial charge in [0.25, 0.3) is 0 Å². The minimum Gasteiger partial charge on any atom is -0.394 e. The third-order valence-corrected chi connectivity index (χ3v) is 5.93. The molecule has 6 heteroatoms. The summed E-state index contributed by atoms with van der Waals surface area (Å²) in [5.41, 5.74) is 15.1. The van der Waals surface area contributed by atoms with E-state index in [0.717, 1.165) is 47.7 Å². The molecule has 0 saturated carbocycles. The van der Waals surface area contributed by atoms with E-state index in [-0.39, 0.29) is 5.78 Å². The molecule has 0 fully saturated rings. The van der Waals surface area contributed by atoms with Crippen molar-refractivity contribution in [2.75, 3.05) is 13.6 Å². The van der Waals surface area contributed by atoms with Crippen molar-refractivity contribution in [1.29, 1.82) is 0 Å². The van der Waals surface area contributed by atoms with Crippen LogP contribution in [0.15, 0.2) is 76.8 Å². The second-order valence-corrected chi connectivity index (χ2v) is 7.98. The monoisotopic (exact) mass is 413 g/mol. The normalized spacial score (nSPS) is 15.9. The molecular formula is C25H27N5O. The number of azo groups is 1. The van der Waals surface area contributed by atoms with Gasteiger partial charge < -0.3 is 16.0 Å². The van der Waals surface area contributed by atoms with Crippen LogP contribution in [0.1, 0.15) is 27.8 Å². The Kier molecular flexibility index (Phi) is 5.46. The van der Waals surface area contributed by atoms with Crippen molar-refractivity contribution in [1.82, 2.24) is 10.2 Å². The minimum atomic E-state index is -0.128. The summed E-state index contributed by atoms with van der Waals surface area (Å²) in [5, 5.41) is 11.5. The maximum Gasteiger partial charge on any atom is 0.212 e. The van der Waals surface area contributed by atoms with E-state index in [9.17, 15) is 4.79 Å². The number of aryl methyl sites for hydroxylation is 1. The number of ketones is 1. The zero-order valence-electron chi connectivity index (χ0n) is 18.0. The van der Waals surface area contributed by atoms with E-state index in [2.05, 4.69) is 51.8 Å². The molecule has 0 atom stereocenters. The fourth-order valence-corrected chi connectivity index (χ4v) is 4.07. The summed E-state index contributed by atoms with van der Waals surface area (Å²) in [6.45, 7) is 12.3. The predicted octanol–water partition coefficient (Wildman–Crippen LogP) is 4.14. The number of rotatable bonds is 6. The van der Waals surface area contributed by atoms with Crippen molar-refractivity contribution in [3.05, 3.63) is 94.3 Å². The summed E-state index contributed by atoms with van der Waals surface area (Å²) in [5.74, 6) is -0.128. The Balaban J connectivity index is 1.45. The van der Waals surface area contributed by atoms with Gasteiger partial charge in [-0.1, -0.05) is 43.5 Å². The summed E-state index contributed by atoms with van der Waals surface area (Å²) in [6, 6.07) is 12.6. The Morgan fingerprint density at radius 3 is 2.77 bits per heavy atom. The van der Waals surface area contributed by atoms with Crippen LogP contribution in [0.5, 0.6) is 0 Å². The van der Waals surface area contributed by atoms with E-state index in [1.807, 2.05) is 25.1 Å². The quantitative estimate of drug-likeness (QED) is 0.551. The van der Waals surface area contributed by atoms with Gasteiger partial charge in [0.1, 0.15) is 5.70 Å². The minimum absolute atomic E-state index is 0.128. The molecule has 0 spiro atoms. The highest BCUT2D eigenvalue weighted by Crippen LogP contribution is 2.33. The third kappa shape index (κ3) is 3.89. The maximum absolute atomic E-state index is 11.7. The average molecular weight is 414 g/mol. The first-order chi connectivity index (χ1) is 14.9. The standard InChI is InChI=1S/C25H27N5O/c1-15-5-7-20(12-22(15)29-27-4)17(3)28-13-18-6-8-19-9-10-30(14-21(19)11-18)24-16(2)25(31)23(24)26/h5-8,11-12,28H,2-3,9-10,13-14,26H2,1,4H3. The van der Waals surface area contributed by atoms with Gasteiger partial charge in [-0.15, -0.1) is 0 Å². The van der Waals surface area contributed by atoms with Crippen LogP contribution in [-0.2, 0) is 24.3 Å². The molecule has 4 rings (SSSR count). The first-order valence-corrected chi connectivity index (χ1v) is 10.3. The van der Waals surface area contributed by atoms with E-state index >= 15 is 0 Å². The average Bonchev–Trinajstić information content (AvgIpc) is 2.78. The van der Waals surface area contributed by atoms with E-state index < -0.39 is 0 Å². The van der Waals surface area contributed by atoms with Gasteiger partial charge >= 0.3 is 0 Å². The lowest BCUT2D eigenvalue weighted by molar-refractivity contribution is -0.113. The van der Waals surface area contributed by atoms with Crippen molar-refractivity contribution >= 4 is 17.2 Å². The number of carbonyl (C=O) groups is 1. The molecule has 0 saturated heterocycles. The Morgan fingerprint density at radius 2 is 2.03 bits per heavy atom. The van der Waals surface area contributed by atoms with Gasteiger partial charge in [-0.25, -0.2) is 0 Å². The van der Waals surface area contributed by atoms with Gasteiger partial charge in [0.2, 0.25) is 5.78 Å². The maximum atomic E-state index is 11.7. The highest BCUT2D eigenvalue weighted by atomic mass is 16.1. The fourth-order valence-electron chi connectivity index (χ4n) is 4.07. The molecule has 0 bridgehead atoms. The van der Waals surface area contributed by atoms with Gasteiger partial charge in [0.15, 0.2) is 0 Å². The molecule has 0 unspecified atom stereocenters. The Bertz CT molecular complexity index is 1160. The molecule has 2 aromatic rings. The Hall–Kier alpha value is -3.67. The number of nitrogens with two attached hydrogens (primary N) is 1. The van der Waals surface area contributed by atoms with Gasteiger partial charge in [0, 0.05) is 38.0 Å². The number of allylic oxidation sites excluding steroid dienone is 2. The SMILES string of the molecule is C=C1C(=O)C(N)=C1N1CCc2ccc(CNC(=C)c3ccc(C)c(N=NC)c3)cc2C1. The zero-order chi connectivity index (χ0) is 22.1. The number of Topliss-reactive ketones (excluding diaryl/α,β-unsaturated/α-hetero) is 1. The van der Waals surface area contributed by atoms with Crippen LogP contribution in [0.25, 0.3) is 5.70 Å². The fraction of sp³-hybridized carbons (Fsp3) is 0.240. The van der Waals surface area contributed by atoms with E-state index in [1.54, 1.807) is 7.05 Å². The molecule has 31 heavy (non-hydrogen) atoms. The highest BCUT2D eigenvalue weighted by molar-refractivity contribution is 6.18. The van der Waals surface area contributed by atoms with Crippen molar-refractivity contribution in [3.63, 3.8) is 0 Å². The Morgan fingerprint density at radius 1 is 1.23 bits per heavy atom. The van der Waals surface area contributed by atoms with Gasteiger partial charge in [-0.3, -0.25) is 4.79 Å². The van der Waals surface area contributed by atoms with Crippen LogP contribution in [0.3, 0.4) is 0 Å². The molecule has 1 heterocycles. The van der Waals surface area contributed by atoms with Gasteiger partial charge in [-0.2, -0.15) is 10.2 Å². The lowest BCUT2D eigenvalue weighted by atomic mass is 9.89. The van der Waals surface area contributed by atoms with Crippen molar-refractivity contribution in [2.45, 2.75) is 26.4 Å². The zero-order valence-corrected chi connectivity index (χ0v) is 18.0. The van der Waals surface area contributed by atoms with Crippen LogP contribution in [-0.4, -0.2) is 24.3 Å². The smallest absolute Gasteiger partial charge is 0.212 e. The molecule has 0 aromatic heterocycles. The molecule has 0 radical (unpaired) electrons. The van der Waals surface area contributed by atoms with Crippen LogP contribution in [0, 0.1) is 6.92 Å². The highest BCUT2D eigenvalue weighted by Gasteiger charge is 2.34. The molecule has 1 aliphatic heterocycles. The second kappa shape index (κ2) is 8.22. The molecule has 2 aliphatic rings.